The van der Waals surface area contributed by atoms with Crippen LogP contribution in [0.3, 0.4) is 0 Å². The third kappa shape index (κ3) is 5.20. The quantitative estimate of drug-likeness (QED) is 0.542. The third-order valence-corrected chi connectivity index (χ3v) is 4.74. The van der Waals surface area contributed by atoms with E-state index in [1.807, 2.05) is 23.1 Å². The van der Waals surface area contributed by atoms with Crippen LogP contribution in [0.1, 0.15) is 48.1 Å². The van der Waals surface area contributed by atoms with E-state index in [1.165, 1.54) is 5.56 Å². The number of hydrogen-bond acceptors (Lipinski definition) is 5. The van der Waals surface area contributed by atoms with Crippen LogP contribution in [0.4, 0.5) is 0 Å². The second kappa shape index (κ2) is 9.37. The molecule has 0 saturated carbocycles. The van der Waals surface area contributed by atoms with Crippen molar-refractivity contribution in [2.45, 2.75) is 45.3 Å². The average molecular weight is 370 g/mol. The van der Waals surface area contributed by atoms with E-state index in [9.17, 15) is 9.59 Å². The summed E-state index contributed by atoms with van der Waals surface area (Å²) < 4.78 is 10.5. The zero-order valence-corrected chi connectivity index (χ0v) is 15.6. The van der Waals surface area contributed by atoms with Crippen LogP contribution < -0.4 is 5.32 Å². The number of furan rings is 1. The second-order valence-corrected chi connectivity index (χ2v) is 6.65. The maximum absolute atomic E-state index is 12.3. The van der Waals surface area contributed by atoms with E-state index < -0.39 is 5.97 Å². The van der Waals surface area contributed by atoms with E-state index in [0.717, 1.165) is 25.9 Å². The lowest BCUT2D eigenvalue weighted by molar-refractivity contribution is -0.129. The van der Waals surface area contributed by atoms with E-state index in [4.69, 9.17) is 9.15 Å². The molecular weight excluding hydrogens is 344 g/mol. The van der Waals surface area contributed by atoms with E-state index in [1.54, 1.807) is 19.1 Å². The molecule has 3 rings (SSSR count). The van der Waals surface area contributed by atoms with Gasteiger partial charge in [0, 0.05) is 19.0 Å². The molecule has 0 aliphatic carbocycles. The van der Waals surface area contributed by atoms with Gasteiger partial charge in [-0.3, -0.25) is 4.79 Å². The Hall–Kier alpha value is -2.60. The molecule has 0 radical (unpaired) electrons. The van der Waals surface area contributed by atoms with Crippen molar-refractivity contribution in [2.75, 3.05) is 13.2 Å². The number of hydrogen-bond donors (Lipinski definition) is 1. The van der Waals surface area contributed by atoms with Crippen LogP contribution in [0.25, 0.3) is 0 Å². The van der Waals surface area contributed by atoms with Gasteiger partial charge in [0.15, 0.2) is 0 Å². The molecule has 1 aliphatic rings. The number of ether oxygens (including phenoxy) is 1. The summed E-state index contributed by atoms with van der Waals surface area (Å²) >= 11 is 0. The lowest BCUT2D eigenvalue weighted by atomic mass is 10.1. The van der Waals surface area contributed by atoms with E-state index in [-0.39, 0.29) is 17.7 Å². The average Bonchev–Trinajstić information content (AvgIpc) is 3.28. The highest BCUT2D eigenvalue weighted by Gasteiger charge is 2.31. The Labute approximate surface area is 159 Å². The van der Waals surface area contributed by atoms with Crippen LogP contribution in [0, 0.1) is 0 Å². The molecule has 0 bridgehead atoms. The summed E-state index contributed by atoms with van der Waals surface area (Å²) in [5, 5.41) is 3.44. The van der Waals surface area contributed by atoms with Gasteiger partial charge in [0.2, 0.25) is 11.7 Å². The molecule has 1 aromatic heterocycles. The summed E-state index contributed by atoms with van der Waals surface area (Å²) in [7, 11) is 0. The summed E-state index contributed by atoms with van der Waals surface area (Å²) in [6, 6.07) is 13.8. The van der Waals surface area contributed by atoms with Gasteiger partial charge >= 0.3 is 5.97 Å². The standard InChI is InChI=1S/C21H26N2O4/c1-2-26-21(25)19-10-9-18(27-19)15-23-17(8-11-20(23)24)12-13-22-14-16-6-4-3-5-7-16/h3-7,9-10,17,22H,2,8,11-15H2,1H3. The van der Waals surface area contributed by atoms with Gasteiger partial charge in [-0.1, -0.05) is 30.3 Å². The monoisotopic (exact) mass is 370 g/mol. The molecule has 0 spiro atoms. The van der Waals surface area contributed by atoms with Crippen molar-refractivity contribution < 1.29 is 18.7 Å². The first-order valence-corrected chi connectivity index (χ1v) is 9.47. The van der Waals surface area contributed by atoms with Gasteiger partial charge < -0.3 is 19.4 Å². The number of carbonyl (C=O) groups excluding carboxylic acids is 2. The maximum atomic E-state index is 12.3. The first-order valence-electron chi connectivity index (χ1n) is 9.47. The SMILES string of the molecule is CCOC(=O)c1ccc(CN2C(=O)CCC2CCNCc2ccccc2)o1. The first-order chi connectivity index (χ1) is 13.2. The summed E-state index contributed by atoms with van der Waals surface area (Å²) in [6.07, 6.45) is 2.32. The summed E-state index contributed by atoms with van der Waals surface area (Å²) in [6.45, 7) is 4.11. The number of nitrogens with zero attached hydrogens (tertiary/aromatic N) is 1. The molecule has 2 aromatic rings. The van der Waals surface area contributed by atoms with E-state index in [0.29, 0.717) is 25.3 Å². The molecule has 2 heterocycles. The highest BCUT2D eigenvalue weighted by Crippen LogP contribution is 2.24. The minimum atomic E-state index is -0.474. The molecule has 1 amide bonds. The third-order valence-electron chi connectivity index (χ3n) is 4.74. The van der Waals surface area contributed by atoms with Crippen LogP contribution in [0.5, 0.6) is 0 Å². The Balaban J connectivity index is 1.49. The van der Waals surface area contributed by atoms with Crippen molar-refractivity contribution in [2.24, 2.45) is 0 Å². The van der Waals surface area contributed by atoms with Crippen molar-refractivity contribution in [1.29, 1.82) is 0 Å². The van der Waals surface area contributed by atoms with Gasteiger partial charge in [0.25, 0.3) is 0 Å². The molecule has 144 valence electrons. The normalized spacial score (nSPS) is 16.7. The number of benzene rings is 1. The van der Waals surface area contributed by atoms with Crippen LogP contribution in [-0.2, 0) is 22.6 Å². The molecular formula is C21H26N2O4. The topological polar surface area (TPSA) is 71.8 Å². The van der Waals surface area contributed by atoms with E-state index >= 15 is 0 Å². The number of rotatable bonds is 9. The minimum Gasteiger partial charge on any atom is -0.460 e. The van der Waals surface area contributed by atoms with Gasteiger partial charge in [-0.15, -0.1) is 0 Å². The Bertz CT molecular complexity index is 757. The molecule has 1 atom stereocenters. The van der Waals surface area contributed by atoms with Gasteiger partial charge in [-0.25, -0.2) is 4.79 Å². The molecule has 6 heteroatoms. The lowest BCUT2D eigenvalue weighted by Gasteiger charge is -2.24. The molecule has 1 unspecified atom stereocenters. The zero-order valence-electron chi connectivity index (χ0n) is 15.6. The first kappa shape index (κ1) is 19.2. The maximum Gasteiger partial charge on any atom is 0.374 e. The van der Waals surface area contributed by atoms with Crippen molar-refractivity contribution in [3.05, 3.63) is 59.5 Å². The van der Waals surface area contributed by atoms with Gasteiger partial charge in [0.1, 0.15) is 5.76 Å². The number of amides is 1. The Morgan fingerprint density at radius 1 is 1.26 bits per heavy atom. The van der Waals surface area contributed by atoms with Gasteiger partial charge in [-0.05, 0) is 44.0 Å². The van der Waals surface area contributed by atoms with Gasteiger partial charge in [-0.2, -0.15) is 0 Å². The lowest BCUT2D eigenvalue weighted by Crippen LogP contribution is -2.34. The van der Waals surface area contributed by atoms with Crippen molar-refractivity contribution in [3.8, 4) is 0 Å². The van der Waals surface area contributed by atoms with E-state index in [2.05, 4.69) is 17.4 Å². The molecule has 6 nitrogen and oxygen atoms in total. The zero-order chi connectivity index (χ0) is 19.1. The fourth-order valence-electron chi connectivity index (χ4n) is 3.35. The summed E-state index contributed by atoms with van der Waals surface area (Å²) in [5.74, 6) is 0.449. The molecule has 1 aliphatic heterocycles. The Morgan fingerprint density at radius 2 is 2.07 bits per heavy atom. The predicted octanol–water partition coefficient (Wildman–Crippen LogP) is 3.13. The molecule has 1 N–H and O–H groups in total. The molecule has 1 fully saturated rings. The highest BCUT2D eigenvalue weighted by atomic mass is 16.5. The fourth-order valence-corrected chi connectivity index (χ4v) is 3.35. The van der Waals surface area contributed by atoms with Crippen LogP contribution in [-0.4, -0.2) is 36.0 Å². The number of nitrogens with one attached hydrogen (secondary N) is 1. The van der Waals surface area contributed by atoms with Crippen molar-refractivity contribution in [1.82, 2.24) is 10.2 Å². The molecule has 1 aromatic carbocycles. The minimum absolute atomic E-state index is 0.136. The molecule has 1 saturated heterocycles. The highest BCUT2D eigenvalue weighted by molar-refractivity contribution is 5.86. The van der Waals surface area contributed by atoms with Crippen LogP contribution in [0.15, 0.2) is 46.9 Å². The Kier molecular flexibility index (Phi) is 6.65. The smallest absolute Gasteiger partial charge is 0.374 e. The van der Waals surface area contributed by atoms with Crippen LogP contribution >= 0.6 is 0 Å². The number of carbonyl (C=O) groups is 2. The van der Waals surface area contributed by atoms with Gasteiger partial charge in [0.05, 0.1) is 13.2 Å². The number of likely N-dealkylation sites (tertiary alicyclic amines) is 1. The summed E-state index contributed by atoms with van der Waals surface area (Å²) in [5.41, 5.74) is 1.25. The summed E-state index contributed by atoms with van der Waals surface area (Å²) in [4.78, 5) is 25.8. The fraction of sp³-hybridized carbons (Fsp3) is 0.429. The van der Waals surface area contributed by atoms with Crippen molar-refractivity contribution >= 4 is 11.9 Å². The second-order valence-electron chi connectivity index (χ2n) is 6.65. The Morgan fingerprint density at radius 3 is 2.85 bits per heavy atom. The van der Waals surface area contributed by atoms with Crippen LogP contribution in [0.2, 0.25) is 0 Å². The largest absolute Gasteiger partial charge is 0.460 e. The predicted molar refractivity (Wildman–Crippen MR) is 101 cm³/mol. The molecule has 27 heavy (non-hydrogen) atoms. The number of esters is 1. The van der Waals surface area contributed by atoms with Crippen molar-refractivity contribution in [3.63, 3.8) is 0 Å².